The van der Waals surface area contributed by atoms with E-state index in [9.17, 15) is 9.18 Å². The van der Waals surface area contributed by atoms with Crippen molar-refractivity contribution in [3.05, 3.63) is 45.9 Å². The van der Waals surface area contributed by atoms with E-state index in [1.165, 1.54) is 36.2 Å². The number of nitrogens with zero attached hydrogens (tertiary/aromatic N) is 3. The molecule has 2 aliphatic carbocycles. The Balaban J connectivity index is 1.25. The van der Waals surface area contributed by atoms with Crippen molar-refractivity contribution in [2.75, 3.05) is 30.9 Å². The molecule has 2 N–H and O–H groups in total. The first-order chi connectivity index (χ1) is 15.9. The zero-order valence-corrected chi connectivity index (χ0v) is 20.2. The zero-order chi connectivity index (χ0) is 23.4. The second kappa shape index (κ2) is 10.7. The van der Waals surface area contributed by atoms with Gasteiger partial charge in [-0.1, -0.05) is 17.7 Å². The summed E-state index contributed by atoms with van der Waals surface area (Å²) in [6.45, 7) is 0.657. The smallest absolute Gasteiger partial charge is 0.225 e. The Kier molecular flexibility index (Phi) is 7.68. The number of rotatable bonds is 7. The predicted octanol–water partition coefficient (Wildman–Crippen LogP) is 4.54. The molecule has 0 spiro atoms. The average Bonchev–Trinajstić information content (AvgIpc) is 2.80. The first-order valence-electron chi connectivity index (χ1n) is 11.9. The highest BCUT2D eigenvalue weighted by molar-refractivity contribution is 6.31. The van der Waals surface area contributed by atoms with Gasteiger partial charge in [-0.3, -0.25) is 4.79 Å². The lowest BCUT2D eigenvalue weighted by molar-refractivity contribution is -0.120. The summed E-state index contributed by atoms with van der Waals surface area (Å²) in [5.41, 5.74) is 3.14. The molecule has 178 valence electrons. The van der Waals surface area contributed by atoms with E-state index in [2.05, 4.69) is 15.5 Å². The topological polar surface area (TPSA) is 70.2 Å². The summed E-state index contributed by atoms with van der Waals surface area (Å²) >= 11 is 6.03. The molecule has 0 atom stereocenters. The van der Waals surface area contributed by atoms with E-state index in [1.807, 2.05) is 14.1 Å². The maximum Gasteiger partial charge on any atom is 0.225 e. The number of aromatic nitrogens is 2. The van der Waals surface area contributed by atoms with Gasteiger partial charge >= 0.3 is 0 Å². The zero-order valence-electron chi connectivity index (χ0n) is 19.5. The van der Waals surface area contributed by atoms with Crippen molar-refractivity contribution in [3.63, 3.8) is 0 Å². The van der Waals surface area contributed by atoms with Crippen LogP contribution in [0.25, 0.3) is 0 Å². The van der Waals surface area contributed by atoms with Gasteiger partial charge in [-0.05, 0) is 75.0 Å². The fourth-order valence-electron chi connectivity index (χ4n) is 4.86. The van der Waals surface area contributed by atoms with Gasteiger partial charge < -0.3 is 15.5 Å². The molecule has 0 aliphatic heterocycles. The lowest BCUT2D eigenvalue weighted by Crippen LogP contribution is -2.35. The molecule has 0 unspecified atom stereocenters. The maximum absolute atomic E-state index is 13.2. The predicted molar refractivity (Wildman–Crippen MR) is 130 cm³/mol. The molecule has 0 saturated heterocycles. The van der Waals surface area contributed by atoms with Gasteiger partial charge in [-0.25, -0.2) is 9.37 Å². The van der Waals surface area contributed by atoms with Crippen LogP contribution in [0.2, 0.25) is 5.02 Å². The van der Waals surface area contributed by atoms with Crippen LogP contribution in [0.3, 0.4) is 0 Å². The molecule has 33 heavy (non-hydrogen) atoms. The lowest BCUT2D eigenvalue weighted by Gasteiger charge is -2.30. The first kappa shape index (κ1) is 23.7. The minimum atomic E-state index is -0.395. The highest BCUT2D eigenvalue weighted by Gasteiger charge is 2.24. The molecule has 1 amide bonds. The van der Waals surface area contributed by atoms with Crippen LogP contribution >= 0.6 is 11.6 Å². The third kappa shape index (κ3) is 6.14. The molecule has 2 aromatic rings. The fourth-order valence-corrected chi connectivity index (χ4v) is 5.09. The van der Waals surface area contributed by atoms with E-state index in [-0.39, 0.29) is 12.3 Å². The molecule has 4 rings (SSSR count). The molecule has 6 nitrogen and oxygen atoms in total. The number of fused-ring (bicyclic) bond motifs is 1. The SMILES string of the molecule is CN(C)c1nc(N[C@H]2CC[C@@H](CNC(=O)Cc3ccc(F)cc3Cl)CC2)nc2c1CCCC2. The minimum Gasteiger partial charge on any atom is -0.362 e. The van der Waals surface area contributed by atoms with Gasteiger partial charge in [-0.15, -0.1) is 0 Å². The summed E-state index contributed by atoms with van der Waals surface area (Å²) in [6.07, 6.45) is 8.81. The highest BCUT2D eigenvalue weighted by Crippen LogP contribution is 2.30. The third-order valence-corrected chi connectivity index (χ3v) is 7.07. The second-order valence-electron chi connectivity index (χ2n) is 9.48. The number of benzene rings is 1. The monoisotopic (exact) mass is 473 g/mol. The number of halogens is 2. The Bertz CT molecular complexity index is 991. The van der Waals surface area contributed by atoms with Crippen LogP contribution in [0.5, 0.6) is 0 Å². The van der Waals surface area contributed by atoms with E-state index in [0.29, 0.717) is 29.1 Å². The van der Waals surface area contributed by atoms with Crippen LogP contribution in [-0.4, -0.2) is 42.6 Å². The molecule has 1 aromatic carbocycles. The maximum atomic E-state index is 13.2. The number of amides is 1. The van der Waals surface area contributed by atoms with Crippen molar-refractivity contribution < 1.29 is 9.18 Å². The van der Waals surface area contributed by atoms with Gasteiger partial charge in [0.05, 0.1) is 12.1 Å². The molecule has 0 bridgehead atoms. The largest absolute Gasteiger partial charge is 0.362 e. The van der Waals surface area contributed by atoms with Crippen molar-refractivity contribution in [2.45, 2.75) is 63.8 Å². The van der Waals surface area contributed by atoms with E-state index < -0.39 is 5.82 Å². The van der Waals surface area contributed by atoms with Gasteiger partial charge in [0.25, 0.3) is 0 Å². The van der Waals surface area contributed by atoms with Crippen LogP contribution in [-0.2, 0) is 24.1 Å². The van der Waals surface area contributed by atoms with Crippen LogP contribution in [0, 0.1) is 11.7 Å². The molecule has 8 heteroatoms. The molecule has 2 aliphatic rings. The van der Waals surface area contributed by atoms with Crippen LogP contribution in [0.15, 0.2) is 18.2 Å². The van der Waals surface area contributed by atoms with Gasteiger partial charge in [0.15, 0.2) is 0 Å². The quantitative estimate of drug-likeness (QED) is 0.617. The van der Waals surface area contributed by atoms with Gasteiger partial charge in [0, 0.05) is 37.3 Å². The number of anilines is 2. The Morgan fingerprint density at radius 2 is 1.91 bits per heavy atom. The number of nitrogens with one attached hydrogen (secondary N) is 2. The average molecular weight is 474 g/mol. The van der Waals surface area contributed by atoms with Gasteiger partial charge in [0.2, 0.25) is 11.9 Å². The van der Waals surface area contributed by atoms with Crippen molar-refractivity contribution in [3.8, 4) is 0 Å². The third-order valence-electron chi connectivity index (χ3n) is 6.72. The van der Waals surface area contributed by atoms with Gasteiger partial charge in [-0.2, -0.15) is 4.98 Å². The molecular weight excluding hydrogens is 441 g/mol. The van der Waals surface area contributed by atoms with E-state index in [4.69, 9.17) is 21.6 Å². The van der Waals surface area contributed by atoms with Crippen molar-refractivity contribution >= 4 is 29.3 Å². The number of carbonyl (C=O) groups is 1. The first-order valence-corrected chi connectivity index (χ1v) is 12.3. The normalized spacial score (nSPS) is 20.1. The van der Waals surface area contributed by atoms with E-state index in [0.717, 1.165) is 50.3 Å². The van der Waals surface area contributed by atoms with E-state index >= 15 is 0 Å². The molecule has 1 heterocycles. The fraction of sp³-hybridized carbons (Fsp3) is 0.560. The second-order valence-corrected chi connectivity index (χ2v) is 9.88. The number of hydrogen-bond donors (Lipinski definition) is 2. The number of aryl methyl sites for hydroxylation is 1. The summed E-state index contributed by atoms with van der Waals surface area (Å²) in [6, 6.07) is 4.49. The summed E-state index contributed by atoms with van der Waals surface area (Å²) in [4.78, 5) is 24.1. The molecular formula is C25H33ClFN5O. The molecule has 1 aromatic heterocycles. The summed E-state index contributed by atoms with van der Waals surface area (Å²) in [5, 5.41) is 6.88. The van der Waals surface area contributed by atoms with Crippen molar-refractivity contribution in [2.24, 2.45) is 5.92 Å². The Hall–Kier alpha value is -2.41. The molecule has 1 fully saturated rings. The van der Waals surface area contributed by atoms with Crippen LogP contribution in [0.4, 0.5) is 16.2 Å². The molecule has 1 saturated carbocycles. The van der Waals surface area contributed by atoms with Crippen LogP contribution in [0.1, 0.15) is 55.3 Å². The summed E-state index contributed by atoms with van der Waals surface area (Å²) in [7, 11) is 4.09. The van der Waals surface area contributed by atoms with E-state index in [1.54, 1.807) is 6.07 Å². The van der Waals surface area contributed by atoms with Crippen LogP contribution < -0.4 is 15.5 Å². The number of hydrogen-bond acceptors (Lipinski definition) is 5. The lowest BCUT2D eigenvalue weighted by atomic mass is 9.86. The Labute approximate surface area is 200 Å². The van der Waals surface area contributed by atoms with Crippen molar-refractivity contribution in [1.82, 2.24) is 15.3 Å². The van der Waals surface area contributed by atoms with Gasteiger partial charge in [0.1, 0.15) is 11.6 Å². The Morgan fingerprint density at radius 3 is 2.64 bits per heavy atom. The standard InChI is InChI=1S/C25H33ClFN5O/c1-32(2)24-20-5-3-4-6-22(20)30-25(31-24)29-19-11-7-16(8-12-19)15-28-23(33)13-17-9-10-18(27)14-21(17)26/h9-10,14,16,19H,3-8,11-13,15H2,1-2H3,(H,28,33)(H,29,30,31)/t16-,19+. The Morgan fingerprint density at radius 1 is 1.15 bits per heavy atom. The summed E-state index contributed by atoms with van der Waals surface area (Å²) < 4.78 is 13.2. The van der Waals surface area contributed by atoms with Crippen molar-refractivity contribution in [1.29, 1.82) is 0 Å². The number of carbonyl (C=O) groups excluding carboxylic acids is 1. The molecule has 0 radical (unpaired) electrons. The summed E-state index contributed by atoms with van der Waals surface area (Å²) in [5.74, 6) is 1.76. The minimum absolute atomic E-state index is 0.0811. The highest BCUT2D eigenvalue weighted by atomic mass is 35.5.